The molecule has 4 rings (SSSR count). The smallest absolute Gasteiger partial charge is 0.291 e. The van der Waals surface area contributed by atoms with E-state index >= 15 is 0 Å². The molecule has 0 unspecified atom stereocenters. The van der Waals surface area contributed by atoms with E-state index in [1.807, 2.05) is 31.2 Å². The lowest BCUT2D eigenvalue weighted by atomic mass is 9.98. The number of amides is 1. The Balaban J connectivity index is 1.73. The van der Waals surface area contributed by atoms with Crippen molar-refractivity contribution in [3.05, 3.63) is 77.2 Å². The molecule has 0 fully saturated rings. The fourth-order valence-corrected chi connectivity index (χ4v) is 2.96. The Morgan fingerprint density at radius 1 is 1.07 bits per heavy atom. The van der Waals surface area contributed by atoms with Gasteiger partial charge in [-0.25, -0.2) is 0 Å². The van der Waals surface area contributed by atoms with Crippen LogP contribution >= 0.6 is 0 Å². The molecule has 0 bridgehead atoms. The van der Waals surface area contributed by atoms with E-state index in [-0.39, 0.29) is 5.76 Å². The van der Waals surface area contributed by atoms with Gasteiger partial charge in [-0.3, -0.25) is 4.79 Å². The molecule has 1 atom stereocenters. The van der Waals surface area contributed by atoms with Crippen LogP contribution in [0.15, 0.2) is 59.2 Å². The van der Waals surface area contributed by atoms with Crippen LogP contribution in [0.5, 0.6) is 11.5 Å². The number of anilines is 1. The number of fused-ring (bicyclic) bond motifs is 1. The van der Waals surface area contributed by atoms with Gasteiger partial charge >= 0.3 is 0 Å². The lowest BCUT2D eigenvalue weighted by molar-refractivity contribution is 0.0996. The molecule has 3 aromatic rings. The number of hydrogen-bond acceptors (Lipinski definition) is 5. The zero-order chi connectivity index (χ0) is 18.8. The fraction of sp³-hybridized carbons (Fsp3) is 0.190. The van der Waals surface area contributed by atoms with Gasteiger partial charge in [0.2, 0.25) is 0 Å². The molecule has 0 aliphatic carbocycles. The van der Waals surface area contributed by atoms with Crippen LogP contribution in [0.4, 0.5) is 5.69 Å². The predicted octanol–water partition coefficient (Wildman–Crippen LogP) is 3.69. The van der Waals surface area contributed by atoms with Crippen LogP contribution in [0.25, 0.3) is 0 Å². The van der Waals surface area contributed by atoms with Crippen molar-refractivity contribution in [1.82, 2.24) is 0 Å². The van der Waals surface area contributed by atoms with Gasteiger partial charge < -0.3 is 24.3 Å². The lowest BCUT2D eigenvalue weighted by Gasteiger charge is -2.23. The Bertz CT molecular complexity index is 947. The summed E-state index contributed by atoms with van der Waals surface area (Å²) in [7, 11) is 0. The first-order valence-electron chi connectivity index (χ1n) is 8.65. The SMILES string of the molecule is Cc1ccc([C@@H](O)c2cc3c(cc2NC(=O)c2ccco2)OCCO3)cc1. The average Bonchev–Trinajstić information content (AvgIpc) is 3.22. The monoisotopic (exact) mass is 365 g/mol. The topological polar surface area (TPSA) is 80.9 Å². The maximum atomic E-state index is 12.4. The second kappa shape index (κ2) is 7.17. The number of aryl methyl sites for hydroxylation is 1. The van der Waals surface area contributed by atoms with Crippen molar-refractivity contribution in [2.45, 2.75) is 13.0 Å². The quantitative estimate of drug-likeness (QED) is 0.737. The molecule has 1 aliphatic rings. The average molecular weight is 365 g/mol. The molecule has 6 heteroatoms. The van der Waals surface area contributed by atoms with Gasteiger partial charge in [0.15, 0.2) is 17.3 Å². The molecule has 1 amide bonds. The summed E-state index contributed by atoms with van der Waals surface area (Å²) >= 11 is 0. The second-order valence-electron chi connectivity index (χ2n) is 6.33. The number of ether oxygens (including phenoxy) is 2. The standard InChI is InChI=1S/C21H19NO5/c1-13-4-6-14(7-5-13)20(23)15-11-18-19(27-10-9-26-18)12-16(15)22-21(24)17-3-2-8-25-17/h2-8,11-12,20,23H,9-10H2,1H3,(H,22,24)/t20-/m1/s1. The molecule has 2 aromatic carbocycles. The van der Waals surface area contributed by atoms with Crippen LogP contribution < -0.4 is 14.8 Å². The third-order valence-electron chi connectivity index (χ3n) is 4.40. The van der Waals surface area contributed by atoms with Gasteiger partial charge in [0.25, 0.3) is 5.91 Å². The summed E-state index contributed by atoms with van der Waals surface area (Å²) in [5, 5.41) is 13.7. The van der Waals surface area contributed by atoms with Crippen molar-refractivity contribution >= 4 is 11.6 Å². The van der Waals surface area contributed by atoms with Gasteiger partial charge in [-0.15, -0.1) is 0 Å². The highest BCUT2D eigenvalue weighted by atomic mass is 16.6. The minimum absolute atomic E-state index is 0.181. The van der Waals surface area contributed by atoms with Gasteiger partial charge in [0, 0.05) is 11.6 Å². The molecule has 1 aromatic heterocycles. The van der Waals surface area contributed by atoms with Crippen molar-refractivity contribution in [3.63, 3.8) is 0 Å². The van der Waals surface area contributed by atoms with E-state index in [0.29, 0.717) is 41.5 Å². The van der Waals surface area contributed by atoms with E-state index in [0.717, 1.165) is 5.56 Å². The number of aliphatic hydroxyl groups is 1. The third kappa shape index (κ3) is 3.52. The van der Waals surface area contributed by atoms with Crippen LogP contribution in [0, 0.1) is 6.92 Å². The number of hydrogen-bond donors (Lipinski definition) is 2. The van der Waals surface area contributed by atoms with Crippen molar-refractivity contribution in [3.8, 4) is 11.5 Å². The van der Waals surface area contributed by atoms with Crippen LogP contribution in [0.3, 0.4) is 0 Å². The molecular formula is C21H19NO5. The number of nitrogens with one attached hydrogen (secondary N) is 1. The molecule has 1 aliphatic heterocycles. The third-order valence-corrected chi connectivity index (χ3v) is 4.40. The summed E-state index contributed by atoms with van der Waals surface area (Å²) in [4.78, 5) is 12.4. The number of furan rings is 1. The first-order chi connectivity index (χ1) is 13.1. The van der Waals surface area contributed by atoms with Gasteiger partial charge in [-0.2, -0.15) is 0 Å². The van der Waals surface area contributed by atoms with Crippen molar-refractivity contribution in [2.75, 3.05) is 18.5 Å². The Morgan fingerprint density at radius 3 is 2.44 bits per heavy atom. The van der Waals surface area contributed by atoms with E-state index in [1.165, 1.54) is 6.26 Å². The molecule has 2 heterocycles. The normalized spacial score (nSPS) is 13.9. The zero-order valence-corrected chi connectivity index (χ0v) is 14.8. The number of aliphatic hydroxyl groups excluding tert-OH is 1. The summed E-state index contributed by atoms with van der Waals surface area (Å²) in [6.45, 7) is 2.85. The van der Waals surface area contributed by atoms with E-state index < -0.39 is 12.0 Å². The second-order valence-corrected chi connectivity index (χ2v) is 6.33. The molecule has 0 saturated carbocycles. The number of carbonyl (C=O) groups is 1. The van der Waals surface area contributed by atoms with E-state index in [1.54, 1.807) is 24.3 Å². The summed E-state index contributed by atoms with van der Waals surface area (Å²) in [6.07, 6.45) is 0.495. The van der Waals surface area contributed by atoms with Crippen LogP contribution in [0.1, 0.15) is 33.3 Å². The van der Waals surface area contributed by atoms with Crippen LogP contribution in [0.2, 0.25) is 0 Å². The largest absolute Gasteiger partial charge is 0.486 e. The maximum Gasteiger partial charge on any atom is 0.291 e. The maximum absolute atomic E-state index is 12.4. The number of rotatable bonds is 4. The summed E-state index contributed by atoms with van der Waals surface area (Å²) in [5.41, 5.74) is 2.77. The Morgan fingerprint density at radius 2 is 1.78 bits per heavy atom. The first-order valence-corrected chi connectivity index (χ1v) is 8.65. The van der Waals surface area contributed by atoms with E-state index in [2.05, 4.69) is 5.32 Å². The lowest BCUT2D eigenvalue weighted by Crippen LogP contribution is -2.18. The van der Waals surface area contributed by atoms with E-state index in [4.69, 9.17) is 13.9 Å². The van der Waals surface area contributed by atoms with Crippen molar-refractivity contribution < 1.29 is 23.8 Å². The number of carbonyl (C=O) groups excluding carboxylic acids is 1. The Labute approximate surface area is 156 Å². The van der Waals surface area contributed by atoms with Gasteiger partial charge in [-0.05, 0) is 30.7 Å². The summed E-state index contributed by atoms with van der Waals surface area (Å²) < 4.78 is 16.4. The highest BCUT2D eigenvalue weighted by molar-refractivity contribution is 6.03. The van der Waals surface area contributed by atoms with Gasteiger partial charge in [0.05, 0.1) is 12.0 Å². The molecule has 0 spiro atoms. The minimum Gasteiger partial charge on any atom is -0.486 e. The Kier molecular flexibility index (Phi) is 4.56. The summed E-state index contributed by atoms with van der Waals surface area (Å²) in [5.74, 6) is 0.837. The van der Waals surface area contributed by atoms with Gasteiger partial charge in [-0.1, -0.05) is 29.8 Å². The molecule has 27 heavy (non-hydrogen) atoms. The van der Waals surface area contributed by atoms with Crippen LogP contribution in [-0.2, 0) is 0 Å². The zero-order valence-electron chi connectivity index (χ0n) is 14.8. The molecule has 2 N–H and O–H groups in total. The van der Waals surface area contributed by atoms with Crippen LogP contribution in [-0.4, -0.2) is 24.2 Å². The first kappa shape index (κ1) is 17.2. The van der Waals surface area contributed by atoms with Crippen molar-refractivity contribution in [1.29, 1.82) is 0 Å². The molecule has 138 valence electrons. The molecule has 6 nitrogen and oxygen atoms in total. The predicted molar refractivity (Wildman–Crippen MR) is 99.3 cm³/mol. The number of benzene rings is 2. The molecule has 0 saturated heterocycles. The summed E-state index contributed by atoms with van der Waals surface area (Å²) in [6, 6.07) is 14.2. The fourth-order valence-electron chi connectivity index (χ4n) is 2.96. The highest BCUT2D eigenvalue weighted by Gasteiger charge is 2.23. The molecule has 0 radical (unpaired) electrons. The van der Waals surface area contributed by atoms with Crippen molar-refractivity contribution in [2.24, 2.45) is 0 Å². The van der Waals surface area contributed by atoms with E-state index in [9.17, 15) is 9.90 Å². The Hall–Kier alpha value is -3.25. The molecular weight excluding hydrogens is 346 g/mol. The highest BCUT2D eigenvalue weighted by Crippen LogP contribution is 2.40. The van der Waals surface area contributed by atoms with Gasteiger partial charge in [0.1, 0.15) is 19.3 Å². The minimum atomic E-state index is -0.937.